The minimum Gasteiger partial charge on any atom is -0.339 e. The molecule has 0 spiro atoms. The molecular weight excluding hydrogens is 353 g/mol. The summed E-state index contributed by atoms with van der Waals surface area (Å²) in [5.41, 5.74) is 3.24. The zero-order valence-electron chi connectivity index (χ0n) is 15.6. The number of carbonyl (C=O) groups is 1. The SMILES string of the molecule is O=C(c1ccncc1)N1CCC(c2cccc(Cc3ccccc3F)n2)CC1. The van der Waals surface area contributed by atoms with Crippen LogP contribution in [0.5, 0.6) is 0 Å². The Hall–Kier alpha value is -3.08. The van der Waals surface area contributed by atoms with E-state index in [-0.39, 0.29) is 11.7 Å². The molecule has 1 saturated heterocycles. The molecule has 28 heavy (non-hydrogen) atoms. The Labute approximate surface area is 164 Å². The number of carbonyl (C=O) groups excluding carboxylic acids is 1. The first kappa shape index (κ1) is 18.3. The van der Waals surface area contributed by atoms with Gasteiger partial charge in [0.05, 0.1) is 0 Å². The Kier molecular flexibility index (Phi) is 5.42. The number of pyridine rings is 2. The summed E-state index contributed by atoms with van der Waals surface area (Å²) in [7, 11) is 0. The number of rotatable bonds is 4. The van der Waals surface area contributed by atoms with Crippen molar-refractivity contribution >= 4 is 5.91 Å². The summed E-state index contributed by atoms with van der Waals surface area (Å²) < 4.78 is 13.9. The Morgan fingerprint density at radius 1 is 1.00 bits per heavy atom. The highest BCUT2D eigenvalue weighted by atomic mass is 19.1. The van der Waals surface area contributed by atoms with Crippen LogP contribution >= 0.6 is 0 Å². The quantitative estimate of drug-likeness (QED) is 0.686. The molecule has 4 rings (SSSR count). The molecule has 5 heteroatoms. The van der Waals surface area contributed by atoms with Gasteiger partial charge in [0.1, 0.15) is 5.82 Å². The van der Waals surface area contributed by atoms with Gasteiger partial charge < -0.3 is 4.90 Å². The van der Waals surface area contributed by atoms with Crippen LogP contribution < -0.4 is 0 Å². The van der Waals surface area contributed by atoms with Gasteiger partial charge in [-0.2, -0.15) is 0 Å². The third kappa shape index (κ3) is 4.09. The second-order valence-corrected chi connectivity index (χ2v) is 7.12. The highest BCUT2D eigenvalue weighted by molar-refractivity contribution is 5.94. The van der Waals surface area contributed by atoms with E-state index in [0.717, 1.165) is 24.2 Å². The van der Waals surface area contributed by atoms with Crippen molar-refractivity contribution in [2.75, 3.05) is 13.1 Å². The van der Waals surface area contributed by atoms with Crippen molar-refractivity contribution in [1.29, 1.82) is 0 Å². The molecule has 142 valence electrons. The van der Waals surface area contributed by atoms with Crippen LogP contribution in [0.1, 0.15) is 46.1 Å². The molecule has 0 unspecified atom stereocenters. The van der Waals surface area contributed by atoms with E-state index in [0.29, 0.717) is 36.6 Å². The Bertz CT molecular complexity index is 953. The average molecular weight is 375 g/mol. The highest BCUT2D eigenvalue weighted by Gasteiger charge is 2.25. The van der Waals surface area contributed by atoms with Crippen LogP contribution in [-0.4, -0.2) is 33.9 Å². The fraction of sp³-hybridized carbons (Fsp3) is 0.261. The summed E-state index contributed by atoms with van der Waals surface area (Å²) in [5.74, 6) is 0.182. The number of hydrogen-bond acceptors (Lipinski definition) is 3. The lowest BCUT2D eigenvalue weighted by Crippen LogP contribution is -2.38. The van der Waals surface area contributed by atoms with Gasteiger partial charge in [0.2, 0.25) is 0 Å². The summed E-state index contributed by atoms with van der Waals surface area (Å²) in [5, 5.41) is 0. The van der Waals surface area contributed by atoms with Crippen molar-refractivity contribution in [2.24, 2.45) is 0 Å². The van der Waals surface area contributed by atoms with E-state index in [1.807, 2.05) is 29.2 Å². The Balaban J connectivity index is 1.41. The average Bonchev–Trinajstić information content (AvgIpc) is 2.76. The topological polar surface area (TPSA) is 46.1 Å². The van der Waals surface area contributed by atoms with Gasteiger partial charge in [0.25, 0.3) is 5.91 Å². The van der Waals surface area contributed by atoms with E-state index in [4.69, 9.17) is 4.98 Å². The molecule has 0 aliphatic carbocycles. The van der Waals surface area contributed by atoms with E-state index in [1.165, 1.54) is 6.07 Å². The van der Waals surface area contributed by atoms with E-state index in [2.05, 4.69) is 4.98 Å². The Morgan fingerprint density at radius 3 is 2.50 bits per heavy atom. The van der Waals surface area contributed by atoms with Crippen molar-refractivity contribution in [2.45, 2.75) is 25.2 Å². The normalized spacial score (nSPS) is 14.8. The number of benzene rings is 1. The molecular formula is C23H22FN3O. The first-order valence-electron chi connectivity index (χ1n) is 9.59. The summed E-state index contributed by atoms with van der Waals surface area (Å²) in [6.45, 7) is 1.43. The number of hydrogen-bond donors (Lipinski definition) is 0. The molecule has 1 aromatic carbocycles. The lowest BCUT2D eigenvalue weighted by Gasteiger charge is -2.32. The maximum absolute atomic E-state index is 13.9. The molecule has 2 aromatic heterocycles. The van der Waals surface area contributed by atoms with Crippen molar-refractivity contribution in [3.05, 3.63) is 95.3 Å². The van der Waals surface area contributed by atoms with Crippen LogP contribution in [-0.2, 0) is 6.42 Å². The van der Waals surface area contributed by atoms with Gasteiger partial charge in [-0.1, -0.05) is 24.3 Å². The number of amides is 1. The lowest BCUT2D eigenvalue weighted by atomic mass is 9.92. The second kappa shape index (κ2) is 8.30. The number of likely N-dealkylation sites (tertiary alicyclic amines) is 1. The van der Waals surface area contributed by atoms with Crippen molar-refractivity contribution in [3.63, 3.8) is 0 Å². The minimum atomic E-state index is -0.197. The van der Waals surface area contributed by atoms with Crippen molar-refractivity contribution < 1.29 is 9.18 Å². The van der Waals surface area contributed by atoms with Crippen LogP contribution in [0.2, 0.25) is 0 Å². The molecule has 0 atom stereocenters. The zero-order valence-corrected chi connectivity index (χ0v) is 15.6. The zero-order chi connectivity index (χ0) is 19.3. The summed E-state index contributed by atoms with van der Waals surface area (Å²) in [6.07, 6.45) is 5.54. The second-order valence-electron chi connectivity index (χ2n) is 7.12. The highest BCUT2D eigenvalue weighted by Crippen LogP contribution is 2.28. The first-order valence-corrected chi connectivity index (χ1v) is 9.59. The third-order valence-electron chi connectivity index (χ3n) is 5.29. The minimum absolute atomic E-state index is 0.0575. The van der Waals surface area contributed by atoms with Gasteiger partial charge in [-0.25, -0.2) is 4.39 Å². The largest absolute Gasteiger partial charge is 0.339 e. The molecule has 0 bridgehead atoms. The molecule has 0 radical (unpaired) electrons. The van der Waals surface area contributed by atoms with Gasteiger partial charge in [-0.3, -0.25) is 14.8 Å². The van der Waals surface area contributed by atoms with Crippen molar-refractivity contribution in [1.82, 2.24) is 14.9 Å². The smallest absolute Gasteiger partial charge is 0.253 e. The third-order valence-corrected chi connectivity index (χ3v) is 5.29. The van der Waals surface area contributed by atoms with E-state index in [1.54, 1.807) is 36.7 Å². The van der Waals surface area contributed by atoms with Crippen molar-refractivity contribution in [3.8, 4) is 0 Å². The maximum Gasteiger partial charge on any atom is 0.253 e. The molecule has 0 N–H and O–H groups in total. The fourth-order valence-electron chi connectivity index (χ4n) is 3.72. The van der Waals surface area contributed by atoms with Gasteiger partial charge >= 0.3 is 0 Å². The van der Waals surface area contributed by atoms with Crippen LogP contribution in [0.4, 0.5) is 4.39 Å². The first-order chi connectivity index (χ1) is 13.7. The van der Waals surface area contributed by atoms with Gasteiger partial charge in [-0.15, -0.1) is 0 Å². The predicted molar refractivity (Wildman–Crippen MR) is 106 cm³/mol. The predicted octanol–water partition coefficient (Wildman–Crippen LogP) is 4.23. The Morgan fingerprint density at radius 2 is 1.75 bits per heavy atom. The van der Waals surface area contributed by atoms with E-state index < -0.39 is 0 Å². The van der Waals surface area contributed by atoms with Gasteiger partial charge in [0.15, 0.2) is 0 Å². The molecule has 1 aliphatic heterocycles. The van der Waals surface area contributed by atoms with Crippen LogP contribution in [0.15, 0.2) is 67.0 Å². The van der Waals surface area contributed by atoms with Crippen LogP contribution in [0.25, 0.3) is 0 Å². The monoisotopic (exact) mass is 375 g/mol. The number of piperidine rings is 1. The molecule has 1 amide bonds. The standard InChI is InChI=1S/C23H22FN3O/c24-21-6-2-1-4-19(21)16-20-5-3-7-22(26-20)17-10-14-27(15-11-17)23(28)18-8-12-25-13-9-18/h1-9,12-13,17H,10-11,14-16H2. The van der Waals surface area contributed by atoms with Crippen LogP contribution in [0.3, 0.4) is 0 Å². The maximum atomic E-state index is 13.9. The van der Waals surface area contributed by atoms with Gasteiger partial charge in [-0.05, 0) is 48.7 Å². The molecule has 3 aromatic rings. The summed E-state index contributed by atoms with van der Waals surface area (Å²) >= 11 is 0. The molecule has 1 aliphatic rings. The summed E-state index contributed by atoms with van der Waals surface area (Å²) in [6, 6.07) is 16.3. The van der Waals surface area contributed by atoms with E-state index >= 15 is 0 Å². The summed E-state index contributed by atoms with van der Waals surface area (Å²) in [4.78, 5) is 23.2. The molecule has 0 saturated carbocycles. The fourth-order valence-corrected chi connectivity index (χ4v) is 3.72. The van der Waals surface area contributed by atoms with E-state index in [9.17, 15) is 9.18 Å². The lowest BCUT2D eigenvalue weighted by molar-refractivity contribution is 0.0712. The van der Waals surface area contributed by atoms with Crippen LogP contribution in [0, 0.1) is 5.82 Å². The molecule has 3 heterocycles. The number of halogens is 1. The number of nitrogens with zero attached hydrogens (tertiary/aromatic N) is 3. The number of aromatic nitrogens is 2. The molecule has 1 fully saturated rings. The molecule has 4 nitrogen and oxygen atoms in total. The van der Waals surface area contributed by atoms with Gasteiger partial charge in [0, 0.05) is 54.8 Å².